The molecule has 0 unspecified atom stereocenters. The van der Waals surface area contributed by atoms with Gasteiger partial charge in [-0.15, -0.1) is 0 Å². The summed E-state index contributed by atoms with van der Waals surface area (Å²) in [5.41, 5.74) is 1.27. The van der Waals surface area contributed by atoms with Crippen LogP contribution in [0.3, 0.4) is 0 Å². The third kappa shape index (κ3) is 2.35. The number of ether oxygens (including phenoxy) is 2. The van der Waals surface area contributed by atoms with Crippen molar-refractivity contribution >= 4 is 28.9 Å². The number of fused-ring (bicyclic) bond motifs is 1. The number of carbonyl (C=O) groups is 2. The number of nitrogens with one attached hydrogen (secondary N) is 1. The molecule has 0 aliphatic rings. The molecular formula is C14H13NO5. The summed E-state index contributed by atoms with van der Waals surface area (Å²) in [6.07, 6.45) is 2.30. The molecule has 0 amide bonds. The first-order valence-electron chi connectivity index (χ1n) is 5.76. The number of carboxylic acids is 1. The van der Waals surface area contributed by atoms with Gasteiger partial charge >= 0.3 is 11.9 Å². The van der Waals surface area contributed by atoms with E-state index in [1.807, 2.05) is 0 Å². The van der Waals surface area contributed by atoms with Crippen molar-refractivity contribution in [3.05, 3.63) is 35.5 Å². The molecule has 0 spiro atoms. The first-order valence-corrected chi connectivity index (χ1v) is 5.76. The van der Waals surface area contributed by atoms with Crippen molar-refractivity contribution in [2.75, 3.05) is 14.2 Å². The van der Waals surface area contributed by atoms with E-state index in [0.29, 0.717) is 22.2 Å². The van der Waals surface area contributed by atoms with E-state index in [9.17, 15) is 9.59 Å². The van der Waals surface area contributed by atoms with E-state index in [-0.39, 0.29) is 5.69 Å². The van der Waals surface area contributed by atoms with Crippen LogP contribution >= 0.6 is 0 Å². The summed E-state index contributed by atoms with van der Waals surface area (Å²) >= 11 is 0. The Balaban J connectivity index is 2.76. The van der Waals surface area contributed by atoms with Crippen LogP contribution in [-0.2, 0) is 9.53 Å². The van der Waals surface area contributed by atoms with Gasteiger partial charge in [0, 0.05) is 17.0 Å². The number of rotatable bonds is 4. The number of hydrogen-bond acceptors (Lipinski definition) is 4. The molecule has 104 valence electrons. The predicted octanol–water partition coefficient (Wildman–Crippen LogP) is 2.06. The van der Waals surface area contributed by atoms with Gasteiger partial charge in [0.15, 0.2) is 0 Å². The van der Waals surface area contributed by atoms with E-state index in [2.05, 4.69) is 4.98 Å². The molecule has 0 saturated heterocycles. The molecule has 2 rings (SSSR count). The summed E-state index contributed by atoms with van der Waals surface area (Å²) in [6.45, 7) is 0. The Hall–Kier alpha value is -2.76. The van der Waals surface area contributed by atoms with E-state index in [4.69, 9.17) is 14.6 Å². The van der Waals surface area contributed by atoms with Crippen LogP contribution in [0, 0.1) is 0 Å². The van der Waals surface area contributed by atoms with Gasteiger partial charge in [0.2, 0.25) is 0 Å². The Kier molecular flexibility index (Phi) is 3.74. The molecule has 1 aromatic heterocycles. The first-order chi connectivity index (χ1) is 9.58. The van der Waals surface area contributed by atoms with E-state index in [0.717, 1.165) is 6.08 Å². The van der Waals surface area contributed by atoms with Crippen LogP contribution in [0.2, 0.25) is 0 Å². The van der Waals surface area contributed by atoms with Crippen molar-refractivity contribution < 1.29 is 24.2 Å². The van der Waals surface area contributed by atoms with Crippen LogP contribution in [-0.4, -0.2) is 36.2 Å². The van der Waals surface area contributed by atoms with Crippen molar-refractivity contribution in [2.24, 2.45) is 0 Å². The maximum Gasteiger partial charge on any atom is 0.355 e. The van der Waals surface area contributed by atoms with Gasteiger partial charge in [-0.1, -0.05) is 6.07 Å². The summed E-state index contributed by atoms with van der Waals surface area (Å²) in [7, 11) is 2.76. The van der Waals surface area contributed by atoms with Gasteiger partial charge in [-0.05, 0) is 18.2 Å². The molecule has 0 radical (unpaired) electrons. The number of esters is 1. The van der Waals surface area contributed by atoms with Gasteiger partial charge in [-0.2, -0.15) is 0 Å². The Morgan fingerprint density at radius 2 is 2.05 bits per heavy atom. The summed E-state index contributed by atoms with van der Waals surface area (Å²) in [5, 5.41) is 9.39. The maximum atomic E-state index is 11.8. The lowest BCUT2D eigenvalue weighted by Gasteiger charge is -2.02. The quantitative estimate of drug-likeness (QED) is 0.658. The minimum Gasteiger partial charge on any atom is -0.496 e. The van der Waals surface area contributed by atoms with Crippen molar-refractivity contribution in [2.45, 2.75) is 0 Å². The highest BCUT2D eigenvalue weighted by atomic mass is 16.5. The number of aromatic amines is 1. The van der Waals surface area contributed by atoms with E-state index in [1.165, 1.54) is 20.3 Å². The monoisotopic (exact) mass is 275 g/mol. The summed E-state index contributed by atoms with van der Waals surface area (Å²) < 4.78 is 9.94. The fourth-order valence-electron chi connectivity index (χ4n) is 1.99. The molecule has 0 aliphatic heterocycles. The second kappa shape index (κ2) is 5.48. The topological polar surface area (TPSA) is 88.6 Å². The summed E-state index contributed by atoms with van der Waals surface area (Å²) in [6, 6.07) is 5.27. The standard InChI is InChI=1S/C14H13NO5/c1-19-10-5-3-4-9-12(10)8(6-7-11(16)17)13(15-9)14(18)20-2/h3-7,15H,1-2H3,(H,16,17). The van der Waals surface area contributed by atoms with Gasteiger partial charge in [0.25, 0.3) is 0 Å². The van der Waals surface area contributed by atoms with Crippen LogP contribution in [0.25, 0.3) is 17.0 Å². The van der Waals surface area contributed by atoms with Gasteiger partial charge in [-0.3, -0.25) is 0 Å². The summed E-state index contributed by atoms with van der Waals surface area (Å²) in [5.74, 6) is -1.14. The van der Waals surface area contributed by atoms with Gasteiger partial charge in [-0.25, -0.2) is 9.59 Å². The highest BCUT2D eigenvalue weighted by molar-refractivity contribution is 6.06. The molecule has 0 bridgehead atoms. The minimum atomic E-state index is -1.11. The fourth-order valence-corrected chi connectivity index (χ4v) is 1.99. The second-order valence-electron chi connectivity index (χ2n) is 3.96. The smallest absolute Gasteiger partial charge is 0.355 e. The molecule has 2 aromatic rings. The lowest BCUT2D eigenvalue weighted by atomic mass is 10.1. The zero-order valence-electron chi connectivity index (χ0n) is 11.0. The first kappa shape index (κ1) is 13.7. The highest BCUT2D eigenvalue weighted by Crippen LogP contribution is 2.32. The maximum absolute atomic E-state index is 11.8. The largest absolute Gasteiger partial charge is 0.496 e. The van der Waals surface area contributed by atoms with Gasteiger partial charge in [0.05, 0.1) is 19.7 Å². The molecule has 0 atom stereocenters. The molecule has 1 aromatic carbocycles. The number of methoxy groups -OCH3 is 2. The molecule has 0 aliphatic carbocycles. The van der Waals surface area contributed by atoms with Crippen LogP contribution in [0.4, 0.5) is 0 Å². The number of hydrogen-bond donors (Lipinski definition) is 2. The Morgan fingerprint density at radius 3 is 2.65 bits per heavy atom. The van der Waals surface area contributed by atoms with E-state index in [1.54, 1.807) is 18.2 Å². The van der Waals surface area contributed by atoms with Crippen molar-refractivity contribution in [3.63, 3.8) is 0 Å². The number of H-pyrrole nitrogens is 1. The summed E-state index contributed by atoms with van der Waals surface area (Å²) in [4.78, 5) is 25.4. The number of benzene rings is 1. The third-order valence-corrected chi connectivity index (χ3v) is 2.83. The van der Waals surface area contributed by atoms with Crippen LogP contribution in [0.1, 0.15) is 16.1 Å². The zero-order valence-corrected chi connectivity index (χ0v) is 11.0. The van der Waals surface area contributed by atoms with Crippen molar-refractivity contribution in [1.82, 2.24) is 4.98 Å². The molecule has 6 heteroatoms. The molecule has 0 saturated carbocycles. The Bertz CT molecular complexity index is 699. The number of aliphatic carboxylic acids is 1. The van der Waals surface area contributed by atoms with Crippen LogP contribution < -0.4 is 4.74 Å². The lowest BCUT2D eigenvalue weighted by molar-refractivity contribution is -0.131. The number of carbonyl (C=O) groups excluding carboxylic acids is 1. The molecule has 0 fully saturated rings. The Labute approximate surface area is 114 Å². The molecule has 20 heavy (non-hydrogen) atoms. The average molecular weight is 275 g/mol. The Morgan fingerprint density at radius 1 is 1.30 bits per heavy atom. The number of aromatic nitrogens is 1. The average Bonchev–Trinajstić information content (AvgIpc) is 2.82. The number of carboxylic acid groups (broad SMARTS) is 1. The van der Waals surface area contributed by atoms with E-state index >= 15 is 0 Å². The lowest BCUT2D eigenvalue weighted by Crippen LogP contribution is -2.03. The minimum absolute atomic E-state index is 0.185. The highest BCUT2D eigenvalue weighted by Gasteiger charge is 2.19. The van der Waals surface area contributed by atoms with E-state index < -0.39 is 11.9 Å². The van der Waals surface area contributed by atoms with Gasteiger partial charge < -0.3 is 19.6 Å². The van der Waals surface area contributed by atoms with Crippen molar-refractivity contribution in [1.29, 1.82) is 0 Å². The molecular weight excluding hydrogens is 262 g/mol. The molecule has 2 N–H and O–H groups in total. The second-order valence-corrected chi connectivity index (χ2v) is 3.96. The van der Waals surface area contributed by atoms with Crippen LogP contribution in [0.5, 0.6) is 5.75 Å². The zero-order chi connectivity index (χ0) is 14.7. The van der Waals surface area contributed by atoms with Crippen molar-refractivity contribution in [3.8, 4) is 5.75 Å². The fraction of sp³-hybridized carbons (Fsp3) is 0.143. The van der Waals surface area contributed by atoms with Gasteiger partial charge in [0.1, 0.15) is 11.4 Å². The van der Waals surface area contributed by atoms with Crippen LogP contribution in [0.15, 0.2) is 24.3 Å². The third-order valence-electron chi connectivity index (χ3n) is 2.83. The SMILES string of the molecule is COC(=O)c1[nH]c2cccc(OC)c2c1C=CC(=O)O. The molecule has 1 heterocycles. The molecule has 6 nitrogen and oxygen atoms in total. The normalized spacial score (nSPS) is 10.9. The predicted molar refractivity (Wildman–Crippen MR) is 72.9 cm³/mol.